The molecule has 2 N–H and O–H groups in total. The summed E-state index contributed by atoms with van der Waals surface area (Å²) in [5, 5.41) is 13.5. The van der Waals surface area contributed by atoms with Crippen LogP contribution in [0.2, 0.25) is 0 Å². The van der Waals surface area contributed by atoms with Crippen molar-refractivity contribution in [2.24, 2.45) is 5.92 Å². The third-order valence-electron chi connectivity index (χ3n) is 4.10. The highest BCUT2D eigenvalue weighted by Gasteiger charge is 2.38. The monoisotopic (exact) mass is 272 g/mol. The first-order valence-electron chi connectivity index (χ1n) is 6.86. The molecule has 2 fully saturated rings. The summed E-state index contributed by atoms with van der Waals surface area (Å²) >= 11 is 0. The molecule has 0 aromatic carbocycles. The van der Waals surface area contributed by atoms with Crippen molar-refractivity contribution in [3.63, 3.8) is 0 Å². The summed E-state index contributed by atoms with van der Waals surface area (Å²) in [6.07, 6.45) is 1.17. The Hall–Kier alpha value is -0.690. The van der Waals surface area contributed by atoms with Crippen molar-refractivity contribution >= 4 is 5.91 Å². The second kappa shape index (κ2) is 6.17. The normalized spacial score (nSPS) is 30.3. The summed E-state index contributed by atoms with van der Waals surface area (Å²) in [5.41, 5.74) is -0.808. The van der Waals surface area contributed by atoms with Crippen molar-refractivity contribution in [3.05, 3.63) is 0 Å². The first-order valence-corrected chi connectivity index (χ1v) is 6.86. The molecular formula is C13H24N2O4. The van der Waals surface area contributed by atoms with Crippen LogP contribution in [-0.4, -0.2) is 74.6 Å². The van der Waals surface area contributed by atoms with E-state index in [4.69, 9.17) is 9.47 Å². The number of nitrogens with zero attached hydrogens (tertiary/aromatic N) is 1. The van der Waals surface area contributed by atoms with Crippen molar-refractivity contribution in [1.82, 2.24) is 10.2 Å². The van der Waals surface area contributed by atoms with Crippen LogP contribution in [0.1, 0.15) is 12.8 Å². The fourth-order valence-corrected chi connectivity index (χ4v) is 2.79. The number of rotatable bonds is 4. The lowest BCUT2D eigenvalue weighted by Gasteiger charge is -2.36. The summed E-state index contributed by atoms with van der Waals surface area (Å²) in [6.45, 7) is 2.51. The first-order chi connectivity index (χ1) is 9.06. The van der Waals surface area contributed by atoms with Crippen molar-refractivity contribution in [2.75, 3.05) is 47.1 Å². The van der Waals surface area contributed by atoms with E-state index in [2.05, 4.69) is 5.32 Å². The van der Waals surface area contributed by atoms with Crippen LogP contribution >= 0.6 is 0 Å². The van der Waals surface area contributed by atoms with Gasteiger partial charge in [-0.1, -0.05) is 0 Å². The average molecular weight is 272 g/mol. The number of carbonyl (C=O) groups excluding carboxylic acids is 1. The smallest absolute Gasteiger partial charge is 0.229 e. The molecular weight excluding hydrogens is 248 g/mol. The van der Waals surface area contributed by atoms with Gasteiger partial charge in [0.2, 0.25) is 5.91 Å². The third-order valence-corrected chi connectivity index (χ3v) is 4.10. The Morgan fingerprint density at radius 1 is 1.37 bits per heavy atom. The number of ether oxygens (including phenoxy) is 2. The van der Waals surface area contributed by atoms with E-state index >= 15 is 0 Å². The molecule has 0 aromatic rings. The molecule has 2 rings (SSSR count). The maximum absolute atomic E-state index is 12.4. The lowest BCUT2D eigenvalue weighted by atomic mass is 9.93. The van der Waals surface area contributed by atoms with E-state index in [1.165, 1.54) is 0 Å². The number of nitrogens with one attached hydrogen (secondary N) is 1. The Bertz CT molecular complexity index is 318. The van der Waals surface area contributed by atoms with Gasteiger partial charge in [-0.15, -0.1) is 0 Å². The van der Waals surface area contributed by atoms with Crippen LogP contribution in [0.5, 0.6) is 0 Å². The zero-order chi connectivity index (χ0) is 13.9. The van der Waals surface area contributed by atoms with Gasteiger partial charge in [0.15, 0.2) is 0 Å². The molecule has 2 aliphatic rings. The molecule has 19 heavy (non-hydrogen) atoms. The Labute approximate surface area is 114 Å². The maximum Gasteiger partial charge on any atom is 0.229 e. The number of hydrogen-bond donors (Lipinski definition) is 2. The lowest BCUT2D eigenvalue weighted by Crippen LogP contribution is -2.50. The average Bonchev–Trinajstić information content (AvgIpc) is 2.86. The van der Waals surface area contributed by atoms with Gasteiger partial charge in [-0.3, -0.25) is 4.79 Å². The molecule has 110 valence electrons. The minimum Gasteiger partial charge on any atom is -0.388 e. The Morgan fingerprint density at radius 2 is 2.05 bits per heavy atom. The topological polar surface area (TPSA) is 71.0 Å². The van der Waals surface area contributed by atoms with Gasteiger partial charge in [0.05, 0.1) is 24.7 Å². The highest BCUT2D eigenvalue weighted by molar-refractivity contribution is 5.79. The van der Waals surface area contributed by atoms with Crippen molar-refractivity contribution < 1.29 is 19.4 Å². The van der Waals surface area contributed by atoms with E-state index in [0.29, 0.717) is 45.8 Å². The molecule has 0 radical (unpaired) electrons. The highest BCUT2D eigenvalue weighted by Crippen LogP contribution is 2.23. The van der Waals surface area contributed by atoms with E-state index < -0.39 is 5.60 Å². The van der Waals surface area contributed by atoms with Gasteiger partial charge in [-0.25, -0.2) is 0 Å². The number of hydrogen-bond acceptors (Lipinski definition) is 5. The van der Waals surface area contributed by atoms with E-state index in [0.717, 1.165) is 0 Å². The number of aliphatic hydroxyl groups is 1. The summed E-state index contributed by atoms with van der Waals surface area (Å²) in [6, 6.07) is 0.0688. The summed E-state index contributed by atoms with van der Waals surface area (Å²) in [5.74, 6) is -0.116. The van der Waals surface area contributed by atoms with Crippen LogP contribution in [0.3, 0.4) is 0 Å². The summed E-state index contributed by atoms with van der Waals surface area (Å²) < 4.78 is 10.6. The van der Waals surface area contributed by atoms with Gasteiger partial charge >= 0.3 is 0 Å². The first kappa shape index (κ1) is 14.7. The second-order valence-electron chi connectivity index (χ2n) is 5.57. The molecule has 1 amide bonds. The molecule has 2 atom stereocenters. The van der Waals surface area contributed by atoms with Gasteiger partial charge in [0.1, 0.15) is 0 Å². The van der Waals surface area contributed by atoms with Crippen LogP contribution in [0, 0.1) is 5.92 Å². The SMILES string of the molecule is CNC1COCC1C(=O)N(C)CC1(O)CCOCC1. The Kier molecular flexibility index (Phi) is 4.78. The fourth-order valence-electron chi connectivity index (χ4n) is 2.79. The molecule has 0 aromatic heterocycles. The maximum atomic E-state index is 12.4. The highest BCUT2D eigenvalue weighted by atomic mass is 16.5. The minimum absolute atomic E-state index is 0.0387. The number of amides is 1. The molecule has 2 saturated heterocycles. The fraction of sp³-hybridized carbons (Fsp3) is 0.923. The van der Waals surface area contributed by atoms with Crippen LogP contribution in [0.25, 0.3) is 0 Å². The zero-order valence-electron chi connectivity index (χ0n) is 11.7. The van der Waals surface area contributed by atoms with Gasteiger partial charge in [0.25, 0.3) is 0 Å². The van der Waals surface area contributed by atoms with Gasteiger partial charge in [-0.2, -0.15) is 0 Å². The van der Waals surface area contributed by atoms with E-state index in [1.54, 1.807) is 11.9 Å². The predicted molar refractivity (Wildman–Crippen MR) is 69.8 cm³/mol. The number of likely N-dealkylation sites (N-methyl/N-ethyl adjacent to an activating group) is 2. The molecule has 2 heterocycles. The minimum atomic E-state index is -0.808. The summed E-state index contributed by atoms with van der Waals surface area (Å²) in [4.78, 5) is 14.0. The Morgan fingerprint density at radius 3 is 2.68 bits per heavy atom. The quantitative estimate of drug-likeness (QED) is 0.702. The van der Waals surface area contributed by atoms with Crippen LogP contribution in [0.4, 0.5) is 0 Å². The van der Waals surface area contributed by atoms with Gasteiger partial charge in [-0.05, 0) is 7.05 Å². The van der Waals surface area contributed by atoms with Crippen molar-refractivity contribution in [2.45, 2.75) is 24.5 Å². The van der Waals surface area contributed by atoms with E-state index in [9.17, 15) is 9.90 Å². The standard InChI is InChI=1S/C13H24N2O4/c1-14-11-8-19-7-10(11)12(16)15(2)9-13(17)3-5-18-6-4-13/h10-11,14,17H,3-9H2,1-2H3. The largest absolute Gasteiger partial charge is 0.388 e. The Balaban J connectivity index is 1.91. The molecule has 2 aliphatic heterocycles. The van der Waals surface area contributed by atoms with Crippen LogP contribution in [-0.2, 0) is 14.3 Å². The molecule has 6 heteroatoms. The van der Waals surface area contributed by atoms with E-state index in [1.807, 2.05) is 7.05 Å². The summed E-state index contributed by atoms with van der Waals surface area (Å²) in [7, 11) is 3.59. The molecule has 0 spiro atoms. The van der Waals surface area contributed by atoms with Gasteiger partial charge < -0.3 is 24.8 Å². The predicted octanol–water partition coefficient (Wildman–Crippen LogP) is -0.779. The third kappa shape index (κ3) is 3.45. The number of carbonyl (C=O) groups is 1. The lowest BCUT2D eigenvalue weighted by molar-refractivity contribution is -0.141. The van der Waals surface area contributed by atoms with Gasteiger partial charge in [0, 0.05) is 45.7 Å². The van der Waals surface area contributed by atoms with Crippen molar-refractivity contribution in [3.8, 4) is 0 Å². The zero-order valence-corrected chi connectivity index (χ0v) is 11.7. The molecule has 2 unspecified atom stereocenters. The van der Waals surface area contributed by atoms with Crippen LogP contribution in [0.15, 0.2) is 0 Å². The van der Waals surface area contributed by atoms with Crippen molar-refractivity contribution in [1.29, 1.82) is 0 Å². The van der Waals surface area contributed by atoms with E-state index in [-0.39, 0.29) is 17.9 Å². The molecule has 0 saturated carbocycles. The van der Waals surface area contributed by atoms with Crippen LogP contribution < -0.4 is 5.32 Å². The molecule has 0 aliphatic carbocycles. The molecule has 0 bridgehead atoms. The molecule has 6 nitrogen and oxygen atoms in total. The second-order valence-corrected chi connectivity index (χ2v) is 5.57.